The number of rotatable bonds is 5. The van der Waals surface area contributed by atoms with E-state index in [-0.39, 0.29) is 30.5 Å². The smallest absolute Gasteiger partial charge is 0.223 e. The van der Waals surface area contributed by atoms with Crippen LogP contribution in [-0.4, -0.2) is 36.5 Å². The van der Waals surface area contributed by atoms with Crippen molar-refractivity contribution in [2.24, 2.45) is 5.14 Å². The van der Waals surface area contributed by atoms with Crippen molar-refractivity contribution in [2.45, 2.75) is 31.7 Å². The third-order valence-electron chi connectivity index (χ3n) is 3.42. The zero-order valence-corrected chi connectivity index (χ0v) is 12.1. The molecular weight excluding hydrogens is 278 g/mol. The summed E-state index contributed by atoms with van der Waals surface area (Å²) in [6.45, 7) is 0.704. The predicted molar refractivity (Wildman–Crippen MR) is 75.1 cm³/mol. The molecule has 2 N–H and O–H groups in total. The van der Waals surface area contributed by atoms with Crippen LogP contribution in [0.25, 0.3) is 0 Å². The topological polar surface area (TPSA) is 93.4 Å². The number of aromatic nitrogens is 1. The Morgan fingerprint density at radius 2 is 2.25 bits per heavy atom. The molecule has 0 radical (unpaired) electrons. The van der Waals surface area contributed by atoms with Crippen LogP contribution in [0.1, 0.15) is 37.4 Å². The van der Waals surface area contributed by atoms with Gasteiger partial charge in [0.2, 0.25) is 15.9 Å². The summed E-state index contributed by atoms with van der Waals surface area (Å²) >= 11 is 0. The van der Waals surface area contributed by atoms with Crippen LogP contribution in [0.15, 0.2) is 24.4 Å². The Balaban J connectivity index is 1.95. The quantitative estimate of drug-likeness (QED) is 0.870. The summed E-state index contributed by atoms with van der Waals surface area (Å²) in [6.07, 6.45) is 4.04. The lowest BCUT2D eigenvalue weighted by Crippen LogP contribution is -2.31. The third kappa shape index (κ3) is 4.01. The van der Waals surface area contributed by atoms with Crippen molar-refractivity contribution >= 4 is 15.9 Å². The third-order valence-corrected chi connectivity index (χ3v) is 4.28. The van der Waals surface area contributed by atoms with Crippen LogP contribution in [0.4, 0.5) is 0 Å². The van der Waals surface area contributed by atoms with Crippen molar-refractivity contribution in [1.29, 1.82) is 0 Å². The van der Waals surface area contributed by atoms with E-state index in [2.05, 4.69) is 4.98 Å². The Morgan fingerprint density at radius 1 is 1.45 bits per heavy atom. The Bertz CT molecular complexity index is 559. The molecule has 1 aliphatic heterocycles. The van der Waals surface area contributed by atoms with E-state index in [1.165, 1.54) is 0 Å². The molecule has 2 heterocycles. The molecule has 6 nitrogen and oxygen atoms in total. The van der Waals surface area contributed by atoms with Gasteiger partial charge < -0.3 is 4.90 Å². The van der Waals surface area contributed by atoms with Gasteiger partial charge in [-0.1, -0.05) is 6.07 Å². The van der Waals surface area contributed by atoms with Gasteiger partial charge in [-0.3, -0.25) is 9.78 Å². The van der Waals surface area contributed by atoms with Gasteiger partial charge in [0.25, 0.3) is 0 Å². The summed E-state index contributed by atoms with van der Waals surface area (Å²) < 4.78 is 21.7. The van der Waals surface area contributed by atoms with E-state index < -0.39 is 10.0 Å². The molecule has 1 aliphatic rings. The first-order chi connectivity index (χ1) is 9.47. The molecule has 1 amide bonds. The molecule has 1 atom stereocenters. The minimum absolute atomic E-state index is 0.0122. The van der Waals surface area contributed by atoms with Crippen molar-refractivity contribution in [3.8, 4) is 0 Å². The van der Waals surface area contributed by atoms with Gasteiger partial charge in [-0.25, -0.2) is 13.6 Å². The number of hydrogen-bond acceptors (Lipinski definition) is 4. The van der Waals surface area contributed by atoms with Gasteiger partial charge in [0.05, 0.1) is 17.5 Å². The maximum Gasteiger partial charge on any atom is 0.223 e. The van der Waals surface area contributed by atoms with Gasteiger partial charge in [0.1, 0.15) is 0 Å². The number of likely N-dealkylation sites (tertiary alicyclic amines) is 1. The van der Waals surface area contributed by atoms with E-state index in [1.54, 1.807) is 11.1 Å². The molecule has 2 rings (SSSR count). The lowest BCUT2D eigenvalue weighted by molar-refractivity contribution is -0.132. The number of carbonyl (C=O) groups excluding carboxylic acids is 1. The minimum atomic E-state index is -3.49. The molecule has 0 bridgehead atoms. The fourth-order valence-electron chi connectivity index (χ4n) is 2.51. The average molecular weight is 297 g/mol. The number of carbonyl (C=O) groups is 1. The summed E-state index contributed by atoms with van der Waals surface area (Å²) in [5.74, 6) is -0.178. The number of sulfonamides is 1. The molecule has 0 spiro atoms. The van der Waals surface area contributed by atoms with Crippen molar-refractivity contribution in [3.05, 3.63) is 30.1 Å². The van der Waals surface area contributed by atoms with E-state index in [0.717, 1.165) is 18.5 Å². The summed E-state index contributed by atoms with van der Waals surface area (Å²) in [4.78, 5) is 18.3. The highest BCUT2D eigenvalue weighted by atomic mass is 32.2. The maximum absolute atomic E-state index is 12.2. The first kappa shape index (κ1) is 14.9. The zero-order chi connectivity index (χ0) is 14.6. The summed E-state index contributed by atoms with van der Waals surface area (Å²) in [6, 6.07) is 5.68. The normalized spacial score (nSPS) is 19.2. The van der Waals surface area contributed by atoms with Gasteiger partial charge in [0, 0.05) is 19.2 Å². The Labute approximate surface area is 119 Å². The van der Waals surface area contributed by atoms with E-state index in [1.807, 2.05) is 18.2 Å². The van der Waals surface area contributed by atoms with Crippen LogP contribution in [0.3, 0.4) is 0 Å². The van der Waals surface area contributed by atoms with Crippen LogP contribution < -0.4 is 5.14 Å². The van der Waals surface area contributed by atoms with Crippen molar-refractivity contribution in [1.82, 2.24) is 9.88 Å². The average Bonchev–Trinajstić information content (AvgIpc) is 2.87. The number of pyridine rings is 1. The maximum atomic E-state index is 12.2. The lowest BCUT2D eigenvalue weighted by atomic mass is 10.1. The molecule has 1 fully saturated rings. The van der Waals surface area contributed by atoms with Gasteiger partial charge in [-0.15, -0.1) is 0 Å². The van der Waals surface area contributed by atoms with Crippen molar-refractivity contribution in [3.63, 3.8) is 0 Å². The van der Waals surface area contributed by atoms with E-state index in [4.69, 9.17) is 5.14 Å². The Morgan fingerprint density at radius 3 is 2.90 bits per heavy atom. The van der Waals surface area contributed by atoms with Crippen LogP contribution in [0.5, 0.6) is 0 Å². The first-order valence-corrected chi connectivity index (χ1v) is 8.40. The van der Waals surface area contributed by atoms with Gasteiger partial charge in [-0.2, -0.15) is 0 Å². The molecule has 110 valence electrons. The van der Waals surface area contributed by atoms with E-state index in [9.17, 15) is 13.2 Å². The monoisotopic (exact) mass is 297 g/mol. The molecule has 1 aromatic heterocycles. The van der Waals surface area contributed by atoms with E-state index >= 15 is 0 Å². The molecule has 1 aromatic rings. The molecular formula is C13H19N3O3S. The van der Waals surface area contributed by atoms with Crippen LogP contribution in [-0.2, 0) is 14.8 Å². The summed E-state index contributed by atoms with van der Waals surface area (Å²) in [7, 11) is -3.49. The number of primary sulfonamides is 1. The highest BCUT2D eigenvalue weighted by molar-refractivity contribution is 7.89. The molecule has 0 saturated carbocycles. The van der Waals surface area contributed by atoms with Crippen LogP contribution in [0.2, 0.25) is 0 Å². The van der Waals surface area contributed by atoms with E-state index in [0.29, 0.717) is 6.54 Å². The van der Waals surface area contributed by atoms with Gasteiger partial charge in [0.15, 0.2) is 0 Å². The Kier molecular flexibility index (Phi) is 4.72. The Hall–Kier alpha value is -1.47. The van der Waals surface area contributed by atoms with Crippen molar-refractivity contribution in [2.75, 3.05) is 12.3 Å². The first-order valence-electron chi connectivity index (χ1n) is 6.68. The van der Waals surface area contributed by atoms with Crippen LogP contribution in [0, 0.1) is 0 Å². The largest absolute Gasteiger partial charge is 0.334 e. The number of nitrogens with zero attached hydrogens (tertiary/aromatic N) is 2. The number of nitrogens with two attached hydrogens (primary N) is 1. The predicted octanol–water partition coefficient (Wildman–Crippen LogP) is 0.814. The summed E-state index contributed by atoms with van der Waals surface area (Å²) in [5, 5.41) is 4.93. The SMILES string of the molecule is NS(=O)(=O)CCCC(=O)N1CCCC1c1ccccn1. The number of amides is 1. The van der Waals surface area contributed by atoms with Gasteiger partial charge in [-0.05, 0) is 31.4 Å². The standard InChI is InChI=1S/C13H19N3O3S/c14-20(18,19)10-4-7-13(17)16-9-3-6-12(16)11-5-1-2-8-15-11/h1-2,5,8,12H,3-4,6-7,9-10H2,(H2,14,18,19). The molecule has 7 heteroatoms. The fraction of sp³-hybridized carbons (Fsp3) is 0.538. The molecule has 0 aromatic carbocycles. The highest BCUT2D eigenvalue weighted by Crippen LogP contribution is 2.31. The molecule has 0 aliphatic carbocycles. The second-order valence-electron chi connectivity index (χ2n) is 4.97. The minimum Gasteiger partial charge on any atom is -0.334 e. The second-order valence-corrected chi connectivity index (χ2v) is 6.70. The fourth-order valence-corrected chi connectivity index (χ4v) is 3.06. The second kappa shape index (κ2) is 6.32. The van der Waals surface area contributed by atoms with Crippen molar-refractivity contribution < 1.29 is 13.2 Å². The zero-order valence-electron chi connectivity index (χ0n) is 11.2. The summed E-state index contributed by atoms with van der Waals surface area (Å²) in [5.41, 5.74) is 0.893. The highest BCUT2D eigenvalue weighted by Gasteiger charge is 2.30. The molecule has 20 heavy (non-hydrogen) atoms. The lowest BCUT2D eigenvalue weighted by Gasteiger charge is -2.24. The van der Waals surface area contributed by atoms with Crippen LogP contribution >= 0.6 is 0 Å². The van der Waals surface area contributed by atoms with Gasteiger partial charge >= 0.3 is 0 Å². The number of hydrogen-bond donors (Lipinski definition) is 1. The molecule has 1 saturated heterocycles. The molecule has 1 unspecified atom stereocenters.